The first kappa shape index (κ1) is 22.3. The summed E-state index contributed by atoms with van der Waals surface area (Å²) < 4.78 is 11.3. The molecule has 1 N–H and O–H groups in total. The molecule has 0 aliphatic carbocycles. The molecule has 0 saturated heterocycles. The van der Waals surface area contributed by atoms with Gasteiger partial charge < -0.3 is 9.47 Å². The minimum Gasteiger partial charge on any atom is -0.493 e. The summed E-state index contributed by atoms with van der Waals surface area (Å²) in [5, 5.41) is 4.60. The summed E-state index contributed by atoms with van der Waals surface area (Å²) in [6, 6.07) is 17.2. The Balaban J connectivity index is 1.55. The van der Waals surface area contributed by atoms with Crippen LogP contribution in [-0.4, -0.2) is 35.0 Å². The summed E-state index contributed by atoms with van der Waals surface area (Å²) in [5.74, 6) is 1.16. The monoisotopic (exact) mass is 436 g/mol. The quantitative estimate of drug-likeness (QED) is 0.237. The number of carbonyl (C=O) groups excluding carboxylic acids is 1. The van der Waals surface area contributed by atoms with Crippen molar-refractivity contribution in [2.24, 2.45) is 5.10 Å². The summed E-state index contributed by atoms with van der Waals surface area (Å²) >= 11 is 1.27. The van der Waals surface area contributed by atoms with Gasteiger partial charge in [0.25, 0.3) is 5.91 Å². The van der Waals surface area contributed by atoms with Crippen molar-refractivity contribution in [3.05, 3.63) is 77.1 Å². The molecule has 7 nitrogen and oxygen atoms in total. The topological polar surface area (TPSA) is 85.7 Å². The number of rotatable bonds is 9. The number of hydrogen-bond acceptors (Lipinski definition) is 7. The lowest BCUT2D eigenvalue weighted by Gasteiger charge is -2.11. The van der Waals surface area contributed by atoms with Crippen LogP contribution < -0.4 is 14.9 Å². The largest absolute Gasteiger partial charge is 0.493 e. The highest BCUT2D eigenvalue weighted by molar-refractivity contribution is 7.99. The molecule has 0 unspecified atom stereocenters. The van der Waals surface area contributed by atoms with Gasteiger partial charge in [0, 0.05) is 11.4 Å². The molecule has 0 fully saturated rings. The lowest BCUT2D eigenvalue weighted by atomic mass is 10.2. The molecule has 2 aromatic carbocycles. The Morgan fingerprint density at radius 1 is 1.06 bits per heavy atom. The van der Waals surface area contributed by atoms with Crippen molar-refractivity contribution in [2.45, 2.75) is 25.6 Å². The molecule has 0 spiro atoms. The van der Waals surface area contributed by atoms with E-state index in [1.54, 1.807) is 19.4 Å². The third kappa shape index (κ3) is 7.11. The molecule has 31 heavy (non-hydrogen) atoms. The molecule has 1 aromatic heterocycles. The molecule has 3 aromatic rings. The Labute approximate surface area is 185 Å². The van der Waals surface area contributed by atoms with E-state index in [0.717, 1.165) is 22.5 Å². The average molecular weight is 437 g/mol. The number of amides is 1. The van der Waals surface area contributed by atoms with Crippen LogP contribution in [0.3, 0.4) is 0 Å². The van der Waals surface area contributed by atoms with Gasteiger partial charge in [0.15, 0.2) is 16.7 Å². The predicted octanol–water partition coefficient (Wildman–Crippen LogP) is 3.92. The van der Waals surface area contributed by atoms with Crippen molar-refractivity contribution in [1.29, 1.82) is 0 Å². The summed E-state index contributed by atoms with van der Waals surface area (Å²) in [4.78, 5) is 20.7. The number of nitrogens with zero attached hydrogens (tertiary/aromatic N) is 3. The number of aromatic nitrogens is 2. The maximum atomic E-state index is 12.1. The smallest absolute Gasteiger partial charge is 0.250 e. The third-order valence-electron chi connectivity index (χ3n) is 4.12. The molecule has 0 saturated carbocycles. The average Bonchev–Trinajstić information content (AvgIpc) is 2.76. The molecule has 0 aliphatic heterocycles. The van der Waals surface area contributed by atoms with E-state index in [1.165, 1.54) is 11.8 Å². The molecule has 0 aliphatic rings. The van der Waals surface area contributed by atoms with Crippen LogP contribution in [0.25, 0.3) is 0 Å². The van der Waals surface area contributed by atoms with E-state index >= 15 is 0 Å². The Hall–Kier alpha value is -3.39. The van der Waals surface area contributed by atoms with E-state index in [-0.39, 0.29) is 11.7 Å². The van der Waals surface area contributed by atoms with Gasteiger partial charge in [0.1, 0.15) is 6.61 Å². The summed E-state index contributed by atoms with van der Waals surface area (Å²) in [6.07, 6.45) is 1.56. The highest BCUT2D eigenvalue weighted by Gasteiger charge is 2.07. The standard InChI is InChI=1S/C23H24N4O3S/c1-16-11-17(2)26-23(25-16)31-15-22(28)27-24-13-19-9-10-20(29-3)21(12-19)30-14-18-7-5-4-6-8-18/h4-13H,14-15H2,1-3H3,(H,27,28)/b24-13-. The van der Waals surface area contributed by atoms with Crippen molar-refractivity contribution in [1.82, 2.24) is 15.4 Å². The van der Waals surface area contributed by atoms with Crippen LogP contribution in [-0.2, 0) is 11.4 Å². The number of benzene rings is 2. The SMILES string of the molecule is COc1ccc(/C=N\NC(=O)CSc2nc(C)cc(C)n2)cc1OCc1ccccc1. The van der Waals surface area contributed by atoms with E-state index in [0.29, 0.717) is 23.3 Å². The summed E-state index contributed by atoms with van der Waals surface area (Å²) in [6.45, 7) is 4.22. The zero-order chi connectivity index (χ0) is 22.1. The fraction of sp³-hybridized carbons (Fsp3) is 0.217. The Bertz CT molecular complexity index is 1040. The second-order valence-electron chi connectivity index (χ2n) is 6.70. The Morgan fingerprint density at radius 2 is 1.81 bits per heavy atom. The van der Waals surface area contributed by atoms with Crippen molar-refractivity contribution in [2.75, 3.05) is 12.9 Å². The number of thioether (sulfide) groups is 1. The molecule has 1 heterocycles. The maximum absolute atomic E-state index is 12.1. The third-order valence-corrected chi connectivity index (χ3v) is 4.97. The number of ether oxygens (including phenoxy) is 2. The number of hydrogen-bond donors (Lipinski definition) is 1. The summed E-state index contributed by atoms with van der Waals surface area (Å²) in [7, 11) is 1.59. The van der Waals surface area contributed by atoms with Crippen LogP contribution >= 0.6 is 11.8 Å². The van der Waals surface area contributed by atoms with Crippen molar-refractivity contribution < 1.29 is 14.3 Å². The maximum Gasteiger partial charge on any atom is 0.250 e. The molecule has 8 heteroatoms. The summed E-state index contributed by atoms with van der Waals surface area (Å²) in [5.41, 5.74) is 6.09. The van der Waals surface area contributed by atoms with Crippen LogP contribution in [0, 0.1) is 13.8 Å². The van der Waals surface area contributed by atoms with Gasteiger partial charge in [-0.15, -0.1) is 0 Å². The first-order valence-corrected chi connectivity index (χ1v) is 10.6. The number of carbonyl (C=O) groups is 1. The lowest BCUT2D eigenvalue weighted by molar-refractivity contribution is -0.118. The van der Waals surface area contributed by atoms with Gasteiger partial charge in [-0.05, 0) is 49.2 Å². The van der Waals surface area contributed by atoms with Crippen LogP contribution in [0.15, 0.2) is 64.9 Å². The minimum atomic E-state index is -0.238. The molecule has 0 atom stereocenters. The van der Waals surface area contributed by atoms with Crippen LogP contribution in [0.5, 0.6) is 11.5 Å². The van der Waals surface area contributed by atoms with E-state index in [2.05, 4.69) is 20.5 Å². The number of nitrogens with one attached hydrogen (secondary N) is 1. The molecule has 0 bridgehead atoms. The fourth-order valence-corrected chi connectivity index (χ4v) is 3.46. The van der Waals surface area contributed by atoms with Crippen molar-refractivity contribution >= 4 is 23.9 Å². The molecule has 0 radical (unpaired) electrons. The van der Waals surface area contributed by atoms with Gasteiger partial charge in [-0.3, -0.25) is 4.79 Å². The molecule has 160 valence electrons. The molecular weight excluding hydrogens is 412 g/mol. The Kier molecular flexibility index (Phi) is 8.00. The lowest BCUT2D eigenvalue weighted by Crippen LogP contribution is -2.19. The number of hydrazone groups is 1. The highest BCUT2D eigenvalue weighted by Crippen LogP contribution is 2.28. The van der Waals surface area contributed by atoms with Gasteiger partial charge in [0.05, 0.1) is 19.1 Å². The van der Waals surface area contributed by atoms with E-state index < -0.39 is 0 Å². The van der Waals surface area contributed by atoms with Crippen LogP contribution in [0.2, 0.25) is 0 Å². The zero-order valence-electron chi connectivity index (χ0n) is 17.7. The molecule has 3 rings (SSSR count). The second-order valence-corrected chi connectivity index (χ2v) is 7.64. The first-order valence-electron chi connectivity index (χ1n) is 9.65. The molecular formula is C23H24N4O3S. The normalized spacial score (nSPS) is 10.8. The predicted molar refractivity (Wildman–Crippen MR) is 122 cm³/mol. The van der Waals surface area contributed by atoms with Gasteiger partial charge in [-0.25, -0.2) is 15.4 Å². The van der Waals surface area contributed by atoms with Gasteiger partial charge >= 0.3 is 0 Å². The van der Waals surface area contributed by atoms with Gasteiger partial charge in [-0.2, -0.15) is 5.10 Å². The van der Waals surface area contributed by atoms with Crippen molar-refractivity contribution in [3.63, 3.8) is 0 Å². The molecule has 1 amide bonds. The van der Waals surface area contributed by atoms with Gasteiger partial charge in [0.2, 0.25) is 0 Å². The minimum absolute atomic E-state index is 0.175. The highest BCUT2D eigenvalue weighted by atomic mass is 32.2. The van der Waals surface area contributed by atoms with E-state index in [9.17, 15) is 4.79 Å². The van der Waals surface area contributed by atoms with Crippen molar-refractivity contribution in [3.8, 4) is 11.5 Å². The first-order chi connectivity index (χ1) is 15.0. The number of aryl methyl sites for hydroxylation is 2. The second kappa shape index (κ2) is 11.1. The van der Waals surface area contributed by atoms with Crippen LogP contribution in [0.4, 0.5) is 0 Å². The van der Waals surface area contributed by atoms with E-state index in [4.69, 9.17) is 9.47 Å². The Morgan fingerprint density at radius 3 is 2.52 bits per heavy atom. The van der Waals surface area contributed by atoms with Gasteiger partial charge in [-0.1, -0.05) is 42.1 Å². The van der Waals surface area contributed by atoms with Crippen LogP contribution in [0.1, 0.15) is 22.5 Å². The van der Waals surface area contributed by atoms with E-state index in [1.807, 2.05) is 62.4 Å². The fourth-order valence-electron chi connectivity index (χ4n) is 2.72. The zero-order valence-corrected chi connectivity index (χ0v) is 18.5. The number of methoxy groups -OCH3 is 1.